The van der Waals surface area contributed by atoms with Gasteiger partial charge in [-0.2, -0.15) is 0 Å². The van der Waals surface area contributed by atoms with Crippen LogP contribution >= 0.6 is 12.2 Å². The van der Waals surface area contributed by atoms with Gasteiger partial charge >= 0.3 is 0 Å². The maximum absolute atomic E-state index is 9.85. The van der Waals surface area contributed by atoms with E-state index in [2.05, 4.69) is 71.7 Å². The average molecular weight is 469 g/mol. The fourth-order valence-corrected chi connectivity index (χ4v) is 5.47. The van der Waals surface area contributed by atoms with Gasteiger partial charge in [0.15, 0.2) is 5.11 Å². The lowest BCUT2D eigenvalue weighted by Crippen LogP contribution is -2.29. The van der Waals surface area contributed by atoms with Crippen molar-refractivity contribution in [2.24, 2.45) is 0 Å². The summed E-state index contributed by atoms with van der Waals surface area (Å²) < 4.78 is 2.32. The molecule has 5 nitrogen and oxygen atoms in total. The number of thiocarbonyl (C=S) groups is 1. The number of nitrogens with zero attached hydrogens (tertiary/aromatic N) is 3. The third kappa shape index (κ3) is 3.84. The number of rotatable bonds is 4. The third-order valence-electron chi connectivity index (χ3n) is 6.48. The summed E-state index contributed by atoms with van der Waals surface area (Å²) in [6.45, 7) is 8.59. The number of phenolic OH excluding ortho intramolecular Hbond substituents is 1. The predicted octanol–water partition coefficient (Wildman–Crippen LogP) is 5.99. The van der Waals surface area contributed by atoms with Crippen LogP contribution in [0.2, 0.25) is 0 Å². The van der Waals surface area contributed by atoms with Gasteiger partial charge in [-0.3, -0.25) is 4.98 Å². The van der Waals surface area contributed by atoms with Crippen LogP contribution in [0, 0.1) is 27.7 Å². The Morgan fingerprint density at radius 1 is 0.882 bits per heavy atom. The van der Waals surface area contributed by atoms with E-state index in [1.807, 2.05) is 36.5 Å². The fourth-order valence-electron chi connectivity index (χ4n) is 5.13. The van der Waals surface area contributed by atoms with E-state index in [-0.39, 0.29) is 17.8 Å². The van der Waals surface area contributed by atoms with Gasteiger partial charge in [-0.15, -0.1) is 0 Å². The molecule has 0 radical (unpaired) electrons. The second-order valence-corrected chi connectivity index (χ2v) is 9.41. The van der Waals surface area contributed by atoms with Crippen molar-refractivity contribution in [1.82, 2.24) is 14.9 Å². The Hall–Kier alpha value is -3.64. The first-order chi connectivity index (χ1) is 16.3. The fraction of sp³-hybridized carbons (Fsp3) is 0.214. The number of nitrogens with one attached hydrogen (secondary N) is 1. The molecule has 1 fully saturated rings. The van der Waals surface area contributed by atoms with Crippen LogP contribution in [0.4, 0.5) is 5.69 Å². The molecule has 6 heteroatoms. The largest absolute Gasteiger partial charge is 0.508 e. The van der Waals surface area contributed by atoms with Gasteiger partial charge in [0.2, 0.25) is 0 Å². The summed E-state index contributed by atoms with van der Waals surface area (Å²) in [5.74, 6) is 0.229. The molecule has 172 valence electrons. The second-order valence-electron chi connectivity index (χ2n) is 9.02. The molecule has 3 heterocycles. The standard InChI is InChI=1S/C28H28N4OS/c1-17-13-18(2)15-22(14-17)31-19(3)16-24(20(31)4)27-26(25-7-5-6-12-29-25)30-28(34)32(27)21-8-10-23(33)11-9-21/h5-16,26-27,33H,1-4H3,(H,30,34)/t26-,27-/m1/s1. The zero-order chi connectivity index (χ0) is 24.0. The lowest BCUT2D eigenvalue weighted by molar-refractivity contribution is 0.475. The summed E-state index contributed by atoms with van der Waals surface area (Å²) in [6.07, 6.45) is 1.82. The molecule has 5 rings (SSSR count). The molecule has 2 N–H and O–H groups in total. The summed E-state index contributed by atoms with van der Waals surface area (Å²) in [4.78, 5) is 6.80. The number of benzene rings is 2. The molecule has 2 atom stereocenters. The van der Waals surface area contributed by atoms with Gasteiger partial charge in [0.25, 0.3) is 0 Å². The number of anilines is 1. The van der Waals surface area contributed by atoms with Crippen LogP contribution in [0.1, 0.15) is 45.9 Å². The van der Waals surface area contributed by atoms with Gasteiger partial charge in [-0.25, -0.2) is 0 Å². The van der Waals surface area contributed by atoms with Crippen LogP contribution in [0.5, 0.6) is 5.75 Å². The van der Waals surface area contributed by atoms with Gasteiger partial charge in [0, 0.05) is 29.0 Å². The third-order valence-corrected chi connectivity index (χ3v) is 6.79. The van der Waals surface area contributed by atoms with Crippen molar-refractivity contribution < 1.29 is 5.11 Å². The molecule has 0 aliphatic carbocycles. The minimum atomic E-state index is -0.115. The Balaban J connectivity index is 1.69. The number of aryl methyl sites for hydroxylation is 3. The lowest BCUT2D eigenvalue weighted by atomic mass is 9.96. The Labute approximate surface area is 205 Å². The summed E-state index contributed by atoms with van der Waals surface area (Å²) in [6, 6.07) is 21.9. The zero-order valence-corrected chi connectivity index (χ0v) is 20.6. The molecular formula is C28H28N4OS. The molecule has 0 saturated carbocycles. The summed E-state index contributed by atoms with van der Waals surface area (Å²) in [7, 11) is 0. The van der Waals surface area contributed by atoms with Crippen molar-refractivity contribution in [2.45, 2.75) is 39.8 Å². The van der Waals surface area contributed by atoms with Gasteiger partial charge in [0.05, 0.1) is 17.8 Å². The minimum Gasteiger partial charge on any atom is -0.508 e. The summed E-state index contributed by atoms with van der Waals surface area (Å²) >= 11 is 5.84. The second kappa shape index (κ2) is 8.61. The number of aromatic hydroxyl groups is 1. The molecule has 1 aliphatic rings. The normalized spacial score (nSPS) is 17.8. The van der Waals surface area contributed by atoms with Crippen molar-refractivity contribution in [1.29, 1.82) is 0 Å². The van der Waals surface area contributed by atoms with Crippen LogP contribution in [0.3, 0.4) is 0 Å². The highest BCUT2D eigenvalue weighted by atomic mass is 32.1. The monoisotopic (exact) mass is 468 g/mol. The number of hydrogen-bond acceptors (Lipinski definition) is 3. The SMILES string of the molecule is Cc1cc(C)cc(-n2c(C)cc([C@@H]3[C@@H](c4ccccn4)NC(=S)N3c3ccc(O)cc3)c2C)c1. The van der Waals surface area contributed by atoms with Crippen molar-refractivity contribution in [3.63, 3.8) is 0 Å². The van der Waals surface area contributed by atoms with Gasteiger partial charge in [-0.05, 0) is 111 Å². The first kappa shape index (κ1) is 22.2. The van der Waals surface area contributed by atoms with Crippen molar-refractivity contribution in [2.75, 3.05) is 4.90 Å². The van der Waals surface area contributed by atoms with Crippen LogP contribution in [-0.4, -0.2) is 19.8 Å². The smallest absolute Gasteiger partial charge is 0.174 e. The van der Waals surface area contributed by atoms with E-state index >= 15 is 0 Å². The lowest BCUT2D eigenvalue weighted by Gasteiger charge is -2.28. The number of aromatic nitrogens is 2. The van der Waals surface area contributed by atoms with Crippen LogP contribution < -0.4 is 10.2 Å². The number of phenols is 1. The molecule has 4 aromatic rings. The molecule has 1 saturated heterocycles. The molecule has 0 spiro atoms. The molecular weight excluding hydrogens is 440 g/mol. The van der Waals surface area contributed by atoms with E-state index in [0.29, 0.717) is 5.11 Å². The van der Waals surface area contributed by atoms with E-state index < -0.39 is 0 Å². The Morgan fingerprint density at radius 2 is 1.59 bits per heavy atom. The zero-order valence-electron chi connectivity index (χ0n) is 19.8. The highest BCUT2D eigenvalue weighted by Gasteiger charge is 2.42. The molecule has 0 unspecified atom stereocenters. The van der Waals surface area contributed by atoms with E-state index in [0.717, 1.165) is 17.1 Å². The van der Waals surface area contributed by atoms with Crippen LogP contribution in [-0.2, 0) is 0 Å². The Morgan fingerprint density at radius 3 is 2.24 bits per heavy atom. The molecule has 0 amide bonds. The van der Waals surface area contributed by atoms with E-state index in [1.54, 1.807) is 12.1 Å². The number of hydrogen-bond donors (Lipinski definition) is 2. The van der Waals surface area contributed by atoms with Crippen molar-refractivity contribution in [3.8, 4) is 11.4 Å². The van der Waals surface area contributed by atoms with E-state index in [1.165, 1.54) is 28.1 Å². The highest BCUT2D eigenvalue weighted by Crippen LogP contribution is 2.44. The van der Waals surface area contributed by atoms with Crippen molar-refractivity contribution >= 4 is 23.0 Å². The van der Waals surface area contributed by atoms with Gasteiger partial charge in [-0.1, -0.05) is 12.1 Å². The van der Waals surface area contributed by atoms with E-state index in [4.69, 9.17) is 12.2 Å². The topological polar surface area (TPSA) is 53.3 Å². The predicted molar refractivity (Wildman–Crippen MR) is 141 cm³/mol. The number of pyridine rings is 1. The van der Waals surface area contributed by atoms with Gasteiger partial charge < -0.3 is 19.9 Å². The maximum Gasteiger partial charge on any atom is 0.174 e. The van der Waals surface area contributed by atoms with Gasteiger partial charge in [0.1, 0.15) is 5.75 Å². The Bertz CT molecular complexity index is 1340. The first-order valence-corrected chi connectivity index (χ1v) is 11.8. The molecule has 34 heavy (non-hydrogen) atoms. The molecule has 2 aromatic heterocycles. The minimum absolute atomic E-state index is 0.0993. The van der Waals surface area contributed by atoms with Crippen LogP contribution in [0.25, 0.3) is 5.69 Å². The van der Waals surface area contributed by atoms with Crippen LogP contribution in [0.15, 0.2) is 72.9 Å². The maximum atomic E-state index is 9.85. The molecule has 0 bridgehead atoms. The summed E-state index contributed by atoms with van der Waals surface area (Å²) in [5, 5.41) is 14.0. The molecule has 2 aromatic carbocycles. The first-order valence-electron chi connectivity index (χ1n) is 11.4. The molecule has 1 aliphatic heterocycles. The Kier molecular flexibility index (Phi) is 5.62. The van der Waals surface area contributed by atoms with E-state index in [9.17, 15) is 5.11 Å². The van der Waals surface area contributed by atoms with Crippen molar-refractivity contribution in [3.05, 3.63) is 107 Å². The highest BCUT2D eigenvalue weighted by molar-refractivity contribution is 7.80. The quantitative estimate of drug-likeness (QED) is 0.361. The summed E-state index contributed by atoms with van der Waals surface area (Å²) in [5.41, 5.74) is 9.03. The average Bonchev–Trinajstić information content (AvgIpc) is 3.29.